The number of thiophene rings is 1. The number of likely N-dealkylation sites (tertiary alicyclic amines) is 1. The van der Waals surface area contributed by atoms with E-state index in [9.17, 15) is 4.79 Å². The molecule has 2 aromatic rings. The summed E-state index contributed by atoms with van der Waals surface area (Å²) in [7, 11) is 0. The highest BCUT2D eigenvalue weighted by atomic mass is 32.1. The summed E-state index contributed by atoms with van der Waals surface area (Å²) >= 11 is 1.76. The number of nitrogens with one attached hydrogen (secondary N) is 1. The van der Waals surface area contributed by atoms with Crippen LogP contribution in [-0.2, 0) is 19.5 Å². The van der Waals surface area contributed by atoms with Crippen LogP contribution in [0.3, 0.4) is 0 Å². The lowest BCUT2D eigenvalue weighted by Crippen LogP contribution is -2.36. The molecule has 2 fully saturated rings. The van der Waals surface area contributed by atoms with Crippen molar-refractivity contribution in [1.82, 2.24) is 25.0 Å². The van der Waals surface area contributed by atoms with E-state index < -0.39 is 0 Å². The van der Waals surface area contributed by atoms with Crippen molar-refractivity contribution in [2.45, 2.75) is 51.2 Å². The fraction of sp³-hybridized carbons (Fsp3) is 0.632. The van der Waals surface area contributed by atoms with Gasteiger partial charge in [-0.1, -0.05) is 12.8 Å². The van der Waals surface area contributed by atoms with Crippen LogP contribution in [-0.4, -0.2) is 44.7 Å². The topological polar surface area (TPSA) is 63.1 Å². The first-order chi connectivity index (χ1) is 12.8. The maximum absolute atomic E-state index is 12.7. The standard InChI is InChI=1S/C19H25N5OS/c25-19(20-16-3-1-2-4-16)18-22-21-17-7-14-9-23(8-13-5-6-26-12-13)10-15(14)11-24(17)18/h5-6,12,14-16H,1-4,7-11H2,(H,20,25)/t14-,15-/m1/s1. The molecule has 2 aliphatic heterocycles. The lowest BCUT2D eigenvalue weighted by Gasteiger charge is -2.26. The average Bonchev–Trinajstić information content (AvgIpc) is 3.40. The maximum atomic E-state index is 12.7. The molecular formula is C19H25N5OS. The van der Waals surface area contributed by atoms with Gasteiger partial charge >= 0.3 is 0 Å². The van der Waals surface area contributed by atoms with Crippen LogP contribution in [0.2, 0.25) is 0 Å². The Morgan fingerprint density at radius 1 is 1.19 bits per heavy atom. The average molecular weight is 372 g/mol. The van der Waals surface area contributed by atoms with Gasteiger partial charge in [-0.25, -0.2) is 0 Å². The van der Waals surface area contributed by atoms with Crippen LogP contribution in [0, 0.1) is 11.8 Å². The second kappa shape index (κ2) is 6.78. The van der Waals surface area contributed by atoms with E-state index in [0.717, 1.165) is 51.3 Å². The number of fused-ring (bicyclic) bond motifs is 2. The monoisotopic (exact) mass is 371 g/mol. The lowest BCUT2D eigenvalue weighted by molar-refractivity contribution is 0.0919. The minimum atomic E-state index is -0.0396. The molecule has 138 valence electrons. The Hall–Kier alpha value is -1.73. The largest absolute Gasteiger partial charge is 0.347 e. The number of hydrogen-bond donors (Lipinski definition) is 1. The zero-order valence-electron chi connectivity index (χ0n) is 14.9. The van der Waals surface area contributed by atoms with Gasteiger partial charge in [0, 0.05) is 38.6 Å². The summed E-state index contributed by atoms with van der Waals surface area (Å²) in [4.78, 5) is 15.2. The molecule has 7 heteroatoms. The molecule has 0 bridgehead atoms. The van der Waals surface area contributed by atoms with Crippen LogP contribution in [0.15, 0.2) is 16.8 Å². The van der Waals surface area contributed by atoms with E-state index in [0.29, 0.717) is 23.7 Å². The number of carbonyl (C=O) groups excluding carboxylic acids is 1. The highest BCUT2D eigenvalue weighted by Crippen LogP contribution is 2.33. The number of rotatable bonds is 4. The van der Waals surface area contributed by atoms with Gasteiger partial charge in [0.1, 0.15) is 5.82 Å². The summed E-state index contributed by atoms with van der Waals surface area (Å²) in [5.41, 5.74) is 1.41. The van der Waals surface area contributed by atoms with Gasteiger partial charge in [0.25, 0.3) is 5.91 Å². The van der Waals surface area contributed by atoms with Gasteiger partial charge in [-0.15, -0.1) is 10.2 Å². The molecule has 1 saturated carbocycles. The lowest BCUT2D eigenvalue weighted by atomic mass is 9.89. The Kier molecular flexibility index (Phi) is 4.29. The highest BCUT2D eigenvalue weighted by Gasteiger charge is 2.39. The molecule has 0 spiro atoms. The van der Waals surface area contributed by atoms with Crippen molar-refractivity contribution < 1.29 is 4.79 Å². The third kappa shape index (κ3) is 3.07. The molecule has 1 saturated heterocycles. The van der Waals surface area contributed by atoms with Crippen LogP contribution in [0.1, 0.15) is 47.7 Å². The third-order valence-corrected chi connectivity index (χ3v) is 6.95. The minimum Gasteiger partial charge on any atom is -0.347 e. The van der Waals surface area contributed by atoms with Crippen LogP contribution >= 0.6 is 11.3 Å². The molecule has 4 heterocycles. The van der Waals surface area contributed by atoms with Gasteiger partial charge in [-0.05, 0) is 47.1 Å². The molecular weight excluding hydrogens is 346 g/mol. The first-order valence-electron chi connectivity index (χ1n) is 9.72. The van der Waals surface area contributed by atoms with Crippen molar-refractivity contribution in [2.24, 2.45) is 11.8 Å². The van der Waals surface area contributed by atoms with Crippen molar-refractivity contribution in [1.29, 1.82) is 0 Å². The van der Waals surface area contributed by atoms with E-state index in [1.807, 2.05) is 0 Å². The summed E-state index contributed by atoms with van der Waals surface area (Å²) in [5, 5.41) is 16.1. The molecule has 26 heavy (non-hydrogen) atoms. The second-order valence-electron chi connectivity index (χ2n) is 8.06. The number of aromatic nitrogens is 3. The van der Waals surface area contributed by atoms with Crippen molar-refractivity contribution in [3.05, 3.63) is 34.0 Å². The minimum absolute atomic E-state index is 0.0396. The fourth-order valence-electron chi connectivity index (χ4n) is 4.88. The number of amides is 1. The van der Waals surface area contributed by atoms with Crippen molar-refractivity contribution in [3.63, 3.8) is 0 Å². The normalized spacial score (nSPS) is 26.0. The Balaban J connectivity index is 1.27. The molecule has 2 aromatic heterocycles. The Labute approximate surface area is 157 Å². The van der Waals surface area contributed by atoms with Gasteiger partial charge in [0.15, 0.2) is 0 Å². The second-order valence-corrected chi connectivity index (χ2v) is 8.84. The van der Waals surface area contributed by atoms with E-state index in [-0.39, 0.29) is 5.91 Å². The molecule has 0 aromatic carbocycles. The summed E-state index contributed by atoms with van der Waals surface area (Å²) in [6.07, 6.45) is 5.55. The molecule has 3 aliphatic rings. The zero-order valence-corrected chi connectivity index (χ0v) is 15.7. The Morgan fingerprint density at radius 2 is 2.04 bits per heavy atom. The molecule has 5 rings (SSSR count). The van der Waals surface area contributed by atoms with E-state index >= 15 is 0 Å². The number of hydrogen-bond acceptors (Lipinski definition) is 5. The summed E-state index contributed by atoms with van der Waals surface area (Å²) in [6.45, 7) is 4.13. The van der Waals surface area contributed by atoms with Gasteiger partial charge in [-0.2, -0.15) is 11.3 Å². The molecule has 2 atom stereocenters. The van der Waals surface area contributed by atoms with Crippen molar-refractivity contribution >= 4 is 17.2 Å². The van der Waals surface area contributed by atoms with Gasteiger partial charge in [0.05, 0.1) is 0 Å². The maximum Gasteiger partial charge on any atom is 0.289 e. The molecule has 6 nitrogen and oxygen atoms in total. The summed E-state index contributed by atoms with van der Waals surface area (Å²) in [6, 6.07) is 2.53. The molecule has 1 amide bonds. The van der Waals surface area contributed by atoms with Gasteiger partial charge < -0.3 is 9.88 Å². The van der Waals surface area contributed by atoms with Crippen LogP contribution < -0.4 is 5.32 Å². The number of nitrogens with zero attached hydrogens (tertiary/aromatic N) is 4. The first-order valence-corrected chi connectivity index (χ1v) is 10.7. The quantitative estimate of drug-likeness (QED) is 0.896. The third-order valence-electron chi connectivity index (χ3n) is 6.22. The van der Waals surface area contributed by atoms with Crippen LogP contribution in [0.4, 0.5) is 0 Å². The molecule has 1 N–H and O–H groups in total. The van der Waals surface area contributed by atoms with Gasteiger partial charge in [-0.3, -0.25) is 9.69 Å². The van der Waals surface area contributed by atoms with E-state index in [1.54, 1.807) is 11.3 Å². The number of carbonyl (C=O) groups is 1. The summed E-state index contributed by atoms with van der Waals surface area (Å²) in [5.74, 6) is 2.69. The Bertz CT molecular complexity index is 780. The SMILES string of the molecule is O=C(NC1CCCC1)c1nnc2n1C[C@H]1CN(Cc3ccsc3)C[C@H]1C2. The molecule has 0 unspecified atom stereocenters. The van der Waals surface area contributed by atoms with Crippen molar-refractivity contribution in [2.75, 3.05) is 13.1 Å². The molecule has 0 radical (unpaired) electrons. The Morgan fingerprint density at radius 3 is 2.85 bits per heavy atom. The van der Waals surface area contributed by atoms with Crippen LogP contribution in [0.5, 0.6) is 0 Å². The van der Waals surface area contributed by atoms with Crippen molar-refractivity contribution in [3.8, 4) is 0 Å². The van der Waals surface area contributed by atoms with Crippen LogP contribution in [0.25, 0.3) is 0 Å². The van der Waals surface area contributed by atoms with Gasteiger partial charge in [0.2, 0.25) is 5.82 Å². The highest BCUT2D eigenvalue weighted by molar-refractivity contribution is 7.07. The first kappa shape index (κ1) is 16.4. The predicted molar refractivity (Wildman–Crippen MR) is 100 cm³/mol. The molecule has 1 aliphatic carbocycles. The summed E-state index contributed by atoms with van der Waals surface area (Å²) < 4.78 is 2.08. The van der Waals surface area contributed by atoms with E-state index in [2.05, 4.69) is 41.8 Å². The smallest absolute Gasteiger partial charge is 0.289 e. The zero-order chi connectivity index (χ0) is 17.5. The fourth-order valence-corrected chi connectivity index (χ4v) is 5.54. The van der Waals surface area contributed by atoms with E-state index in [1.165, 1.54) is 18.4 Å². The predicted octanol–water partition coefficient (Wildman–Crippen LogP) is 2.32. The van der Waals surface area contributed by atoms with E-state index in [4.69, 9.17) is 0 Å².